The van der Waals surface area contributed by atoms with E-state index in [0.29, 0.717) is 11.3 Å². The minimum atomic E-state index is -0.836. The van der Waals surface area contributed by atoms with Gasteiger partial charge >= 0.3 is 0 Å². The van der Waals surface area contributed by atoms with Crippen LogP contribution in [0.4, 0.5) is 0 Å². The second-order valence-electron chi connectivity index (χ2n) is 4.82. The van der Waals surface area contributed by atoms with Crippen molar-refractivity contribution in [3.05, 3.63) is 59.4 Å². The van der Waals surface area contributed by atoms with Gasteiger partial charge in [-0.1, -0.05) is 30.3 Å². The van der Waals surface area contributed by atoms with Gasteiger partial charge in [-0.05, 0) is 5.56 Å². The van der Waals surface area contributed by atoms with Gasteiger partial charge in [-0.3, -0.25) is 14.0 Å². The molecule has 2 heterocycles. The molecule has 1 unspecified atom stereocenters. The summed E-state index contributed by atoms with van der Waals surface area (Å²) in [6.07, 6.45) is 3.78. The van der Waals surface area contributed by atoms with Gasteiger partial charge in [0, 0.05) is 17.8 Å². The number of fused-ring (bicyclic) bond motifs is 1. The molecule has 22 heavy (non-hydrogen) atoms. The highest BCUT2D eigenvalue weighted by Crippen LogP contribution is 2.14. The summed E-state index contributed by atoms with van der Waals surface area (Å²) < 4.78 is 1.86. The summed E-state index contributed by atoms with van der Waals surface area (Å²) in [5.41, 5.74) is 6.70. The Balaban J connectivity index is 1.71. The number of primary amides is 1. The minimum absolute atomic E-state index is 0.102. The van der Waals surface area contributed by atoms with Crippen molar-refractivity contribution in [3.63, 3.8) is 0 Å². The lowest BCUT2D eigenvalue weighted by Gasteiger charge is -2.15. The summed E-state index contributed by atoms with van der Waals surface area (Å²) in [5, 5.41) is 4.58. The number of imidazole rings is 1. The van der Waals surface area contributed by atoms with E-state index in [-0.39, 0.29) is 12.3 Å². The molecular formula is C15H14N4O2S. The molecule has 2 amide bonds. The Labute approximate surface area is 130 Å². The molecule has 3 rings (SSSR count). The third-order valence-electron chi connectivity index (χ3n) is 3.21. The van der Waals surface area contributed by atoms with Crippen LogP contribution in [-0.4, -0.2) is 21.2 Å². The van der Waals surface area contributed by atoms with Gasteiger partial charge in [0.15, 0.2) is 4.96 Å². The number of amides is 2. The van der Waals surface area contributed by atoms with E-state index in [4.69, 9.17) is 5.73 Å². The maximum atomic E-state index is 12.1. The van der Waals surface area contributed by atoms with E-state index in [1.54, 1.807) is 30.5 Å². The first-order valence-corrected chi connectivity index (χ1v) is 7.56. The average molecular weight is 314 g/mol. The van der Waals surface area contributed by atoms with Gasteiger partial charge in [0.2, 0.25) is 11.8 Å². The zero-order valence-corrected chi connectivity index (χ0v) is 12.4. The van der Waals surface area contributed by atoms with Crippen LogP contribution in [0, 0.1) is 0 Å². The Morgan fingerprint density at radius 1 is 1.32 bits per heavy atom. The molecule has 112 valence electrons. The maximum Gasteiger partial charge on any atom is 0.244 e. The first kappa shape index (κ1) is 14.3. The third-order valence-corrected chi connectivity index (χ3v) is 3.98. The number of carbonyl (C=O) groups is 2. The SMILES string of the molecule is NC(=O)C(NC(=O)Cc1cn2ccsc2n1)c1ccccc1. The van der Waals surface area contributed by atoms with Crippen LogP contribution in [0.1, 0.15) is 17.3 Å². The Morgan fingerprint density at radius 3 is 2.77 bits per heavy atom. The van der Waals surface area contributed by atoms with E-state index in [2.05, 4.69) is 10.3 Å². The van der Waals surface area contributed by atoms with Crippen LogP contribution in [0.2, 0.25) is 0 Å². The molecule has 7 heteroatoms. The van der Waals surface area contributed by atoms with E-state index in [1.165, 1.54) is 11.3 Å². The van der Waals surface area contributed by atoms with Crippen LogP contribution in [0.25, 0.3) is 4.96 Å². The van der Waals surface area contributed by atoms with Crippen molar-refractivity contribution in [3.8, 4) is 0 Å². The number of carbonyl (C=O) groups excluding carboxylic acids is 2. The van der Waals surface area contributed by atoms with E-state index in [1.807, 2.05) is 22.0 Å². The molecule has 0 fully saturated rings. The van der Waals surface area contributed by atoms with Crippen LogP contribution in [0.5, 0.6) is 0 Å². The molecule has 0 aliphatic heterocycles. The van der Waals surface area contributed by atoms with Gasteiger partial charge in [-0.2, -0.15) is 0 Å². The first-order chi connectivity index (χ1) is 10.6. The lowest BCUT2D eigenvalue weighted by atomic mass is 10.1. The molecule has 1 aromatic carbocycles. The number of benzene rings is 1. The quantitative estimate of drug-likeness (QED) is 0.743. The Bertz CT molecular complexity index is 781. The number of thiazole rings is 1. The van der Waals surface area contributed by atoms with Gasteiger partial charge in [-0.25, -0.2) is 4.98 Å². The number of aromatic nitrogens is 2. The number of nitrogens with one attached hydrogen (secondary N) is 1. The molecule has 3 N–H and O–H groups in total. The van der Waals surface area contributed by atoms with Crippen LogP contribution < -0.4 is 11.1 Å². The summed E-state index contributed by atoms with van der Waals surface area (Å²) in [7, 11) is 0. The smallest absolute Gasteiger partial charge is 0.244 e. The third kappa shape index (κ3) is 2.99. The molecule has 1 atom stereocenters. The fourth-order valence-corrected chi connectivity index (χ4v) is 2.92. The van der Waals surface area contributed by atoms with Crippen molar-refractivity contribution in [2.45, 2.75) is 12.5 Å². The van der Waals surface area contributed by atoms with E-state index >= 15 is 0 Å². The van der Waals surface area contributed by atoms with Crippen LogP contribution >= 0.6 is 11.3 Å². The highest BCUT2D eigenvalue weighted by Gasteiger charge is 2.20. The zero-order valence-electron chi connectivity index (χ0n) is 11.6. The summed E-state index contributed by atoms with van der Waals surface area (Å²) in [6.45, 7) is 0. The van der Waals surface area contributed by atoms with E-state index in [9.17, 15) is 9.59 Å². The maximum absolute atomic E-state index is 12.1. The lowest BCUT2D eigenvalue weighted by molar-refractivity contribution is -0.127. The molecule has 3 aromatic rings. The van der Waals surface area contributed by atoms with Crippen molar-refractivity contribution in [2.75, 3.05) is 0 Å². The largest absolute Gasteiger partial charge is 0.368 e. The fraction of sp³-hybridized carbons (Fsp3) is 0.133. The van der Waals surface area contributed by atoms with E-state index < -0.39 is 11.9 Å². The summed E-state index contributed by atoms with van der Waals surface area (Å²) >= 11 is 1.50. The van der Waals surface area contributed by atoms with Gasteiger partial charge in [0.1, 0.15) is 6.04 Å². The lowest BCUT2D eigenvalue weighted by Crippen LogP contribution is -2.38. The van der Waals surface area contributed by atoms with Gasteiger partial charge < -0.3 is 11.1 Å². The molecule has 0 bridgehead atoms. The second kappa shape index (κ2) is 5.98. The molecule has 0 saturated heterocycles. The van der Waals surface area contributed by atoms with Crippen molar-refractivity contribution >= 4 is 28.1 Å². The van der Waals surface area contributed by atoms with Crippen LogP contribution in [0.15, 0.2) is 48.1 Å². The van der Waals surface area contributed by atoms with Crippen molar-refractivity contribution < 1.29 is 9.59 Å². The Morgan fingerprint density at radius 2 is 2.09 bits per heavy atom. The summed E-state index contributed by atoms with van der Waals surface area (Å²) in [4.78, 5) is 28.9. The fourth-order valence-electron chi connectivity index (χ4n) is 2.20. The van der Waals surface area contributed by atoms with Gasteiger partial charge in [0.25, 0.3) is 0 Å². The molecule has 6 nitrogen and oxygen atoms in total. The molecule has 0 aliphatic carbocycles. The topological polar surface area (TPSA) is 89.5 Å². The van der Waals surface area contributed by atoms with Crippen molar-refractivity contribution in [1.29, 1.82) is 0 Å². The predicted octanol–water partition coefficient (Wildman–Crippen LogP) is 1.28. The summed E-state index contributed by atoms with van der Waals surface area (Å²) in [5.74, 6) is -0.885. The normalized spacial score (nSPS) is 12.2. The molecule has 0 radical (unpaired) electrons. The first-order valence-electron chi connectivity index (χ1n) is 6.68. The van der Waals surface area contributed by atoms with Crippen LogP contribution in [0.3, 0.4) is 0 Å². The number of hydrogen-bond acceptors (Lipinski definition) is 4. The molecule has 2 aromatic heterocycles. The standard InChI is InChI=1S/C15H14N4O2S/c16-14(21)13(10-4-2-1-3-5-10)18-12(20)8-11-9-19-6-7-22-15(19)17-11/h1-7,9,13H,8H2,(H2,16,21)(H,18,20). The Kier molecular flexibility index (Phi) is 3.88. The average Bonchev–Trinajstić information content (AvgIpc) is 3.06. The highest BCUT2D eigenvalue weighted by atomic mass is 32.1. The Hall–Kier alpha value is -2.67. The molecular weight excluding hydrogens is 300 g/mol. The van der Waals surface area contributed by atoms with Crippen molar-refractivity contribution in [2.24, 2.45) is 5.73 Å². The second-order valence-corrected chi connectivity index (χ2v) is 5.69. The summed E-state index contributed by atoms with van der Waals surface area (Å²) in [6, 6.07) is 8.09. The number of nitrogens with zero attached hydrogens (tertiary/aromatic N) is 2. The van der Waals surface area contributed by atoms with Crippen LogP contribution in [-0.2, 0) is 16.0 Å². The monoisotopic (exact) mass is 314 g/mol. The van der Waals surface area contributed by atoms with Gasteiger partial charge in [0.05, 0.1) is 12.1 Å². The van der Waals surface area contributed by atoms with E-state index in [0.717, 1.165) is 4.96 Å². The zero-order chi connectivity index (χ0) is 15.5. The molecule has 0 saturated carbocycles. The predicted molar refractivity (Wildman–Crippen MR) is 83.3 cm³/mol. The number of rotatable bonds is 5. The molecule has 0 spiro atoms. The highest BCUT2D eigenvalue weighted by molar-refractivity contribution is 7.15. The molecule has 0 aliphatic rings. The van der Waals surface area contributed by atoms with Gasteiger partial charge in [-0.15, -0.1) is 11.3 Å². The number of nitrogens with two attached hydrogens (primary N) is 1. The van der Waals surface area contributed by atoms with Crippen molar-refractivity contribution in [1.82, 2.24) is 14.7 Å². The number of hydrogen-bond donors (Lipinski definition) is 2. The minimum Gasteiger partial charge on any atom is -0.368 e.